The Hall–Kier alpha value is -1.47. The van der Waals surface area contributed by atoms with Crippen LogP contribution in [0, 0.1) is 0 Å². The van der Waals surface area contributed by atoms with Gasteiger partial charge < -0.3 is 15.2 Å². The molecule has 1 unspecified atom stereocenters. The second-order valence-electron chi connectivity index (χ2n) is 5.24. The number of aliphatic hydroxyl groups is 1. The van der Waals surface area contributed by atoms with Gasteiger partial charge in [-0.2, -0.15) is 0 Å². The molecule has 1 aromatic rings. The molecule has 1 amide bonds. The molecule has 0 aliphatic heterocycles. The Morgan fingerprint density at radius 2 is 2.37 bits per heavy atom. The first-order chi connectivity index (χ1) is 9.02. The maximum atomic E-state index is 11.8. The molecule has 1 atom stereocenters. The Morgan fingerprint density at radius 1 is 1.63 bits per heavy atom. The summed E-state index contributed by atoms with van der Waals surface area (Å²) >= 11 is 0. The molecule has 0 bridgehead atoms. The van der Waals surface area contributed by atoms with Crippen molar-refractivity contribution in [2.45, 2.75) is 37.7 Å². The normalized spacial score (nSPS) is 18.1. The number of H-pyrrole nitrogens is 1. The third-order valence-corrected chi connectivity index (χ3v) is 3.14. The Morgan fingerprint density at radius 3 is 3.00 bits per heavy atom. The number of hydrogen-bond acceptors (Lipinski definition) is 5. The van der Waals surface area contributed by atoms with E-state index < -0.39 is 5.60 Å². The molecular weight excluding hydrogens is 248 g/mol. The van der Waals surface area contributed by atoms with Crippen LogP contribution < -0.4 is 5.32 Å². The summed E-state index contributed by atoms with van der Waals surface area (Å²) in [7, 11) is 1.57. The standard InChI is InChI=1S/C12H20N4O3/c1-12(18,5-6-19-2)7-13-11(17)10-14-9(15-16-10)8-3-4-8/h8,18H,3-7H2,1-2H3,(H,13,17)(H,14,15,16). The van der Waals surface area contributed by atoms with E-state index in [4.69, 9.17) is 4.74 Å². The predicted octanol–water partition coefficient (Wildman–Crippen LogP) is 0.199. The van der Waals surface area contributed by atoms with Gasteiger partial charge in [0.05, 0.1) is 5.60 Å². The quantitative estimate of drug-likeness (QED) is 0.656. The number of amides is 1. The van der Waals surface area contributed by atoms with Gasteiger partial charge in [0.1, 0.15) is 5.82 Å². The minimum Gasteiger partial charge on any atom is -0.388 e. The molecule has 1 aliphatic rings. The fourth-order valence-electron chi connectivity index (χ4n) is 1.68. The van der Waals surface area contributed by atoms with Crippen LogP contribution in [0.3, 0.4) is 0 Å². The Kier molecular flexibility index (Phi) is 4.16. The monoisotopic (exact) mass is 268 g/mol. The molecule has 1 aromatic heterocycles. The van der Waals surface area contributed by atoms with Crippen LogP contribution in [0.4, 0.5) is 0 Å². The van der Waals surface area contributed by atoms with Crippen molar-refractivity contribution < 1.29 is 14.6 Å². The smallest absolute Gasteiger partial charge is 0.291 e. The largest absolute Gasteiger partial charge is 0.388 e. The lowest BCUT2D eigenvalue weighted by molar-refractivity contribution is 0.0242. The van der Waals surface area contributed by atoms with Gasteiger partial charge in [-0.15, -0.1) is 5.10 Å². The van der Waals surface area contributed by atoms with Crippen molar-refractivity contribution in [3.63, 3.8) is 0 Å². The summed E-state index contributed by atoms with van der Waals surface area (Å²) < 4.78 is 4.90. The third kappa shape index (κ3) is 4.00. The highest BCUT2D eigenvalue weighted by molar-refractivity contribution is 5.90. The zero-order chi connectivity index (χ0) is 13.9. The molecule has 7 nitrogen and oxygen atoms in total. The van der Waals surface area contributed by atoms with Crippen LogP contribution in [0.15, 0.2) is 0 Å². The van der Waals surface area contributed by atoms with E-state index >= 15 is 0 Å². The van der Waals surface area contributed by atoms with Crippen LogP contribution in [-0.2, 0) is 4.74 Å². The summed E-state index contributed by atoms with van der Waals surface area (Å²) in [5, 5.41) is 19.3. The average Bonchev–Trinajstić information content (AvgIpc) is 3.12. The van der Waals surface area contributed by atoms with Crippen LogP contribution >= 0.6 is 0 Å². The maximum absolute atomic E-state index is 11.8. The second kappa shape index (κ2) is 5.66. The molecule has 0 aromatic carbocycles. The first kappa shape index (κ1) is 14.0. The molecule has 106 valence electrons. The van der Waals surface area contributed by atoms with Gasteiger partial charge in [0.15, 0.2) is 0 Å². The van der Waals surface area contributed by atoms with E-state index in [1.165, 1.54) is 0 Å². The van der Waals surface area contributed by atoms with Crippen LogP contribution in [0.5, 0.6) is 0 Å². The summed E-state index contributed by atoms with van der Waals surface area (Å²) in [6.07, 6.45) is 2.65. The number of aromatic nitrogens is 3. The van der Waals surface area contributed by atoms with Crippen molar-refractivity contribution in [2.24, 2.45) is 0 Å². The van der Waals surface area contributed by atoms with E-state index in [1.807, 2.05) is 0 Å². The Labute approximate surface area is 111 Å². The summed E-state index contributed by atoms with van der Waals surface area (Å²) in [5.74, 6) is 0.959. The van der Waals surface area contributed by atoms with E-state index in [9.17, 15) is 9.90 Å². The highest BCUT2D eigenvalue weighted by Crippen LogP contribution is 2.37. The first-order valence-electron chi connectivity index (χ1n) is 6.43. The van der Waals surface area contributed by atoms with E-state index in [0.29, 0.717) is 18.9 Å². The number of carbonyl (C=O) groups excluding carboxylic acids is 1. The SMILES string of the molecule is COCCC(C)(O)CNC(=O)c1n[nH]c(C2CC2)n1. The van der Waals surface area contributed by atoms with Crippen molar-refractivity contribution in [1.29, 1.82) is 0 Å². The number of aromatic amines is 1. The van der Waals surface area contributed by atoms with Crippen LogP contribution in [0.2, 0.25) is 0 Å². The summed E-state index contributed by atoms with van der Waals surface area (Å²) in [6.45, 7) is 2.23. The Bertz CT molecular complexity index is 440. The lowest BCUT2D eigenvalue weighted by Crippen LogP contribution is -2.41. The summed E-state index contributed by atoms with van der Waals surface area (Å²) in [6, 6.07) is 0. The zero-order valence-electron chi connectivity index (χ0n) is 11.3. The van der Waals surface area contributed by atoms with Gasteiger partial charge in [-0.1, -0.05) is 0 Å². The van der Waals surface area contributed by atoms with Crippen LogP contribution in [0.25, 0.3) is 0 Å². The highest BCUT2D eigenvalue weighted by Gasteiger charge is 2.28. The third-order valence-electron chi connectivity index (χ3n) is 3.14. The van der Waals surface area contributed by atoms with Crippen molar-refractivity contribution in [2.75, 3.05) is 20.3 Å². The van der Waals surface area contributed by atoms with Gasteiger partial charge in [-0.25, -0.2) is 4.98 Å². The van der Waals surface area contributed by atoms with E-state index in [-0.39, 0.29) is 18.3 Å². The summed E-state index contributed by atoms with van der Waals surface area (Å²) in [4.78, 5) is 16.0. The topological polar surface area (TPSA) is 100 Å². The first-order valence-corrected chi connectivity index (χ1v) is 6.43. The van der Waals surface area contributed by atoms with Gasteiger partial charge in [0.25, 0.3) is 5.91 Å². The number of methoxy groups -OCH3 is 1. The lowest BCUT2D eigenvalue weighted by Gasteiger charge is -2.22. The van der Waals surface area contributed by atoms with Crippen LogP contribution in [-0.4, -0.2) is 52.1 Å². The molecule has 1 aliphatic carbocycles. The highest BCUT2D eigenvalue weighted by atomic mass is 16.5. The van der Waals surface area contributed by atoms with E-state index in [2.05, 4.69) is 20.5 Å². The average molecular weight is 268 g/mol. The second-order valence-corrected chi connectivity index (χ2v) is 5.24. The molecule has 19 heavy (non-hydrogen) atoms. The number of nitrogens with one attached hydrogen (secondary N) is 2. The van der Waals surface area contributed by atoms with Crippen LogP contribution in [0.1, 0.15) is 48.5 Å². The minimum atomic E-state index is -0.999. The van der Waals surface area contributed by atoms with E-state index in [1.54, 1.807) is 14.0 Å². The van der Waals surface area contributed by atoms with Crippen molar-refractivity contribution >= 4 is 5.91 Å². The minimum absolute atomic E-state index is 0.129. The molecular formula is C12H20N4O3. The number of hydrogen-bond donors (Lipinski definition) is 3. The molecule has 1 saturated carbocycles. The fraction of sp³-hybridized carbons (Fsp3) is 0.750. The maximum Gasteiger partial charge on any atom is 0.291 e. The van der Waals surface area contributed by atoms with Gasteiger partial charge >= 0.3 is 0 Å². The zero-order valence-corrected chi connectivity index (χ0v) is 11.3. The molecule has 0 spiro atoms. The predicted molar refractivity (Wildman–Crippen MR) is 67.8 cm³/mol. The van der Waals surface area contributed by atoms with Gasteiger partial charge in [0.2, 0.25) is 5.82 Å². The number of rotatable bonds is 7. The molecule has 2 rings (SSSR count). The number of nitrogens with zero attached hydrogens (tertiary/aromatic N) is 2. The van der Waals surface area contributed by atoms with Gasteiger partial charge in [-0.05, 0) is 19.8 Å². The summed E-state index contributed by atoms with van der Waals surface area (Å²) in [5.41, 5.74) is -0.999. The molecule has 3 N–H and O–H groups in total. The lowest BCUT2D eigenvalue weighted by atomic mass is 10.0. The molecule has 7 heteroatoms. The molecule has 0 saturated heterocycles. The van der Waals surface area contributed by atoms with Gasteiger partial charge in [0, 0.05) is 32.6 Å². The fourth-order valence-corrected chi connectivity index (χ4v) is 1.68. The Balaban J connectivity index is 1.82. The van der Waals surface area contributed by atoms with Crippen molar-refractivity contribution in [1.82, 2.24) is 20.5 Å². The molecule has 0 radical (unpaired) electrons. The van der Waals surface area contributed by atoms with E-state index in [0.717, 1.165) is 18.7 Å². The van der Waals surface area contributed by atoms with Gasteiger partial charge in [-0.3, -0.25) is 9.89 Å². The van der Waals surface area contributed by atoms with Crippen molar-refractivity contribution in [3.8, 4) is 0 Å². The number of ether oxygens (including phenoxy) is 1. The number of carbonyl (C=O) groups is 1. The molecule has 1 heterocycles. The van der Waals surface area contributed by atoms with Crippen molar-refractivity contribution in [3.05, 3.63) is 11.6 Å². The molecule has 1 fully saturated rings.